The number of nitrogens with zero attached hydrogens (tertiary/aromatic N) is 1. The minimum absolute atomic E-state index is 0.124. The van der Waals surface area contributed by atoms with E-state index >= 15 is 0 Å². The first-order valence-corrected chi connectivity index (χ1v) is 10.3. The number of benzene rings is 2. The predicted molar refractivity (Wildman–Crippen MR) is 120 cm³/mol. The zero-order chi connectivity index (χ0) is 22.5. The van der Waals surface area contributed by atoms with Gasteiger partial charge in [0, 0.05) is 12.1 Å². The maximum atomic E-state index is 13.1. The largest absolute Gasteiger partial charge is 0.484 e. The van der Waals surface area contributed by atoms with Crippen LogP contribution in [0, 0.1) is 20.8 Å². The molecule has 2 rings (SSSR count). The molecule has 0 aromatic heterocycles. The van der Waals surface area contributed by atoms with E-state index in [1.165, 1.54) is 5.56 Å². The van der Waals surface area contributed by atoms with E-state index in [1.807, 2.05) is 84.0 Å². The Labute approximate surface area is 180 Å². The van der Waals surface area contributed by atoms with Gasteiger partial charge in [-0.1, -0.05) is 35.9 Å². The van der Waals surface area contributed by atoms with E-state index in [0.29, 0.717) is 12.3 Å². The summed E-state index contributed by atoms with van der Waals surface area (Å²) in [5.74, 6) is 0.231. The molecule has 0 aliphatic heterocycles. The molecule has 0 saturated carbocycles. The van der Waals surface area contributed by atoms with Gasteiger partial charge in [0.05, 0.1) is 0 Å². The minimum Gasteiger partial charge on any atom is -0.484 e. The molecule has 2 amide bonds. The molecule has 0 aliphatic carbocycles. The normalized spacial score (nSPS) is 12.2. The molecule has 30 heavy (non-hydrogen) atoms. The van der Waals surface area contributed by atoms with Crippen molar-refractivity contribution in [2.45, 2.75) is 66.6 Å². The van der Waals surface area contributed by atoms with Crippen LogP contribution < -0.4 is 10.1 Å². The van der Waals surface area contributed by atoms with Crippen LogP contribution in [0.2, 0.25) is 0 Å². The summed E-state index contributed by atoms with van der Waals surface area (Å²) >= 11 is 0. The number of hydrogen-bond donors (Lipinski definition) is 1. The molecule has 5 nitrogen and oxygen atoms in total. The number of aryl methyl sites for hydroxylation is 3. The van der Waals surface area contributed by atoms with Gasteiger partial charge in [0.15, 0.2) is 6.61 Å². The summed E-state index contributed by atoms with van der Waals surface area (Å²) in [6.07, 6.45) is 0. The van der Waals surface area contributed by atoms with Crippen LogP contribution in [0.25, 0.3) is 0 Å². The van der Waals surface area contributed by atoms with Crippen LogP contribution in [0.1, 0.15) is 49.9 Å². The Balaban J connectivity index is 2.18. The first-order valence-electron chi connectivity index (χ1n) is 10.3. The van der Waals surface area contributed by atoms with Gasteiger partial charge in [-0.15, -0.1) is 0 Å². The molecule has 0 spiro atoms. The number of nitrogens with one attached hydrogen (secondary N) is 1. The molecule has 0 radical (unpaired) electrons. The quantitative estimate of drug-likeness (QED) is 0.739. The first-order chi connectivity index (χ1) is 14.0. The maximum absolute atomic E-state index is 13.1. The molecule has 0 aliphatic rings. The Hall–Kier alpha value is -2.82. The van der Waals surface area contributed by atoms with E-state index in [0.717, 1.165) is 16.7 Å². The van der Waals surface area contributed by atoms with Crippen molar-refractivity contribution < 1.29 is 14.3 Å². The summed E-state index contributed by atoms with van der Waals surface area (Å²) in [4.78, 5) is 27.4. The van der Waals surface area contributed by atoms with Crippen molar-refractivity contribution >= 4 is 11.8 Å². The lowest BCUT2D eigenvalue weighted by atomic mass is 10.1. The monoisotopic (exact) mass is 410 g/mol. The molecule has 0 fully saturated rings. The van der Waals surface area contributed by atoms with Crippen molar-refractivity contribution in [1.29, 1.82) is 0 Å². The fourth-order valence-electron chi connectivity index (χ4n) is 3.10. The molecular weight excluding hydrogens is 376 g/mol. The van der Waals surface area contributed by atoms with Gasteiger partial charge >= 0.3 is 0 Å². The molecular formula is C25H34N2O3. The third-order valence-corrected chi connectivity index (χ3v) is 4.94. The number of carbonyl (C=O) groups excluding carboxylic acids is 2. The molecule has 0 bridgehead atoms. The highest BCUT2D eigenvalue weighted by molar-refractivity contribution is 5.88. The fourth-order valence-corrected chi connectivity index (χ4v) is 3.10. The third-order valence-electron chi connectivity index (χ3n) is 4.94. The number of hydrogen-bond acceptors (Lipinski definition) is 3. The molecule has 2 aromatic carbocycles. The van der Waals surface area contributed by atoms with Crippen LogP contribution in [0.3, 0.4) is 0 Å². The molecule has 1 N–H and O–H groups in total. The Morgan fingerprint density at radius 2 is 1.73 bits per heavy atom. The molecule has 2 aromatic rings. The van der Waals surface area contributed by atoms with Crippen molar-refractivity contribution in [3.63, 3.8) is 0 Å². The van der Waals surface area contributed by atoms with Gasteiger partial charge in [-0.05, 0) is 77.3 Å². The van der Waals surface area contributed by atoms with E-state index in [4.69, 9.17) is 4.74 Å². The standard InChI is InChI=1S/C25H34N2O3/c1-17-9-8-10-21(13-17)15-27(20(4)24(29)26-25(5,6)7)23(28)16-30-22-12-11-18(2)19(3)14-22/h8-14,20H,15-16H2,1-7H3,(H,26,29)/t20-/m1/s1. The van der Waals surface area contributed by atoms with Gasteiger partial charge in [-0.2, -0.15) is 0 Å². The van der Waals surface area contributed by atoms with Gasteiger partial charge in [0.1, 0.15) is 11.8 Å². The fraction of sp³-hybridized carbons (Fsp3) is 0.440. The molecule has 0 heterocycles. The maximum Gasteiger partial charge on any atom is 0.261 e. The van der Waals surface area contributed by atoms with E-state index in [9.17, 15) is 9.59 Å². The highest BCUT2D eigenvalue weighted by Crippen LogP contribution is 2.17. The molecule has 1 atom stereocenters. The van der Waals surface area contributed by atoms with E-state index < -0.39 is 6.04 Å². The van der Waals surface area contributed by atoms with E-state index in [1.54, 1.807) is 11.8 Å². The zero-order valence-corrected chi connectivity index (χ0v) is 19.2. The summed E-state index contributed by atoms with van der Waals surface area (Å²) in [5, 5.41) is 2.97. The molecule has 162 valence electrons. The third kappa shape index (κ3) is 6.90. The molecule has 0 saturated heterocycles. The average Bonchev–Trinajstić information content (AvgIpc) is 2.65. The van der Waals surface area contributed by atoms with Gasteiger partial charge < -0.3 is 15.0 Å². The van der Waals surface area contributed by atoms with Crippen LogP contribution in [-0.2, 0) is 16.1 Å². The van der Waals surface area contributed by atoms with Crippen LogP contribution in [-0.4, -0.2) is 34.9 Å². The number of ether oxygens (including phenoxy) is 1. The smallest absolute Gasteiger partial charge is 0.261 e. The van der Waals surface area contributed by atoms with Gasteiger partial charge in [-0.25, -0.2) is 0 Å². The van der Waals surface area contributed by atoms with Gasteiger partial charge in [-0.3, -0.25) is 9.59 Å². The van der Waals surface area contributed by atoms with Crippen LogP contribution >= 0.6 is 0 Å². The Kier molecular flexibility index (Phi) is 7.65. The lowest BCUT2D eigenvalue weighted by molar-refractivity contribution is -0.142. The second kappa shape index (κ2) is 9.79. The van der Waals surface area contributed by atoms with Crippen molar-refractivity contribution in [2.75, 3.05) is 6.61 Å². The molecule has 0 unspecified atom stereocenters. The van der Waals surface area contributed by atoms with Crippen molar-refractivity contribution in [3.05, 3.63) is 64.7 Å². The highest BCUT2D eigenvalue weighted by Gasteiger charge is 2.28. The summed E-state index contributed by atoms with van der Waals surface area (Å²) < 4.78 is 5.75. The lowest BCUT2D eigenvalue weighted by Gasteiger charge is -2.31. The summed E-state index contributed by atoms with van der Waals surface area (Å²) in [6.45, 7) is 13.8. The second-order valence-electron chi connectivity index (χ2n) is 8.96. The first kappa shape index (κ1) is 23.5. The Morgan fingerprint density at radius 1 is 1.03 bits per heavy atom. The summed E-state index contributed by atoms with van der Waals surface area (Å²) in [7, 11) is 0. The van der Waals surface area contributed by atoms with Crippen molar-refractivity contribution in [2.24, 2.45) is 0 Å². The van der Waals surface area contributed by atoms with Gasteiger partial charge in [0.2, 0.25) is 5.91 Å². The van der Waals surface area contributed by atoms with E-state index in [2.05, 4.69) is 5.32 Å². The minimum atomic E-state index is -0.624. The van der Waals surface area contributed by atoms with Crippen LogP contribution in [0.5, 0.6) is 5.75 Å². The predicted octanol–water partition coefficient (Wildman–Crippen LogP) is 4.32. The Morgan fingerprint density at radius 3 is 2.33 bits per heavy atom. The van der Waals surface area contributed by atoms with Crippen LogP contribution in [0.15, 0.2) is 42.5 Å². The Bertz CT molecular complexity index is 900. The van der Waals surface area contributed by atoms with E-state index in [-0.39, 0.29) is 24.0 Å². The summed E-state index contributed by atoms with van der Waals surface area (Å²) in [6, 6.07) is 13.1. The lowest BCUT2D eigenvalue weighted by Crippen LogP contribution is -2.53. The van der Waals surface area contributed by atoms with Crippen molar-refractivity contribution in [1.82, 2.24) is 10.2 Å². The molecule has 5 heteroatoms. The van der Waals surface area contributed by atoms with Crippen molar-refractivity contribution in [3.8, 4) is 5.75 Å². The van der Waals surface area contributed by atoms with Gasteiger partial charge in [0.25, 0.3) is 5.91 Å². The summed E-state index contributed by atoms with van der Waals surface area (Å²) in [5.41, 5.74) is 3.99. The average molecular weight is 411 g/mol. The number of rotatable bonds is 7. The number of carbonyl (C=O) groups is 2. The zero-order valence-electron chi connectivity index (χ0n) is 19.2. The second-order valence-corrected chi connectivity index (χ2v) is 8.96. The SMILES string of the molecule is Cc1cccc(CN(C(=O)COc2ccc(C)c(C)c2)[C@H](C)C(=O)NC(C)(C)C)c1. The number of amides is 2. The topological polar surface area (TPSA) is 58.6 Å². The van der Waals surface area contributed by atoms with Crippen LogP contribution in [0.4, 0.5) is 0 Å². The highest BCUT2D eigenvalue weighted by atomic mass is 16.5.